The van der Waals surface area contributed by atoms with Crippen molar-refractivity contribution in [3.8, 4) is 0 Å². The van der Waals surface area contributed by atoms with E-state index in [1.54, 1.807) is 0 Å². The largest absolute Gasteiger partial charge is 0.425 e. The summed E-state index contributed by atoms with van der Waals surface area (Å²) in [5.41, 5.74) is 0. The van der Waals surface area contributed by atoms with E-state index in [-0.39, 0.29) is 18.8 Å². The molecule has 4 unspecified atom stereocenters. The van der Waals surface area contributed by atoms with E-state index in [9.17, 15) is 5.11 Å². The Bertz CT molecular complexity index is 177. The van der Waals surface area contributed by atoms with Crippen LogP contribution in [0.2, 0.25) is 0 Å². The van der Waals surface area contributed by atoms with Crippen molar-refractivity contribution in [2.45, 2.75) is 85.4 Å². The van der Waals surface area contributed by atoms with Gasteiger partial charge in [0.1, 0.15) is 10.5 Å². The highest BCUT2D eigenvalue weighted by molar-refractivity contribution is 5.98. The predicted molar refractivity (Wildman–Crippen MR) is 83.3 cm³/mol. The average molecular weight is 295 g/mol. The van der Waals surface area contributed by atoms with Gasteiger partial charge in [-0.05, 0) is 40.0 Å². The molecule has 0 saturated heterocycles. The lowest BCUT2D eigenvalue weighted by molar-refractivity contribution is -0.170. The quantitative estimate of drug-likeness (QED) is 0.522. The Balaban J connectivity index is 0. The molecule has 0 aromatic carbocycles. The summed E-state index contributed by atoms with van der Waals surface area (Å²) in [5.74, 6) is 0. The molecular formula is C14H34O4Si. The van der Waals surface area contributed by atoms with E-state index in [2.05, 4.69) is 13.8 Å². The third-order valence-electron chi connectivity index (χ3n) is 3.04. The molecule has 0 heterocycles. The maximum Gasteiger partial charge on any atom is 0.178 e. The molecule has 0 aromatic rings. The van der Waals surface area contributed by atoms with Crippen molar-refractivity contribution in [1.82, 2.24) is 0 Å². The standard InChI is InChI=1S/C10H22O3.C4H12OSi/c1-5-8(3)12-7-10(11)13-9(4)6-2;1-3-4(2)5-6/h8-11H,5-7H2,1-4H3;4H,3H2,1-2,6H3. The Kier molecular flexibility index (Phi) is 16.3. The Morgan fingerprint density at radius 2 is 1.37 bits per heavy atom. The first-order chi connectivity index (χ1) is 8.90. The second kappa shape index (κ2) is 14.5. The highest BCUT2D eigenvalue weighted by Crippen LogP contribution is 2.03. The molecular weight excluding hydrogens is 260 g/mol. The Labute approximate surface area is 122 Å². The summed E-state index contributed by atoms with van der Waals surface area (Å²) in [4.78, 5) is 0. The first-order valence-electron chi connectivity index (χ1n) is 7.38. The van der Waals surface area contributed by atoms with Crippen molar-refractivity contribution in [1.29, 1.82) is 0 Å². The zero-order chi connectivity index (χ0) is 15.3. The Morgan fingerprint density at radius 1 is 0.895 bits per heavy atom. The van der Waals surface area contributed by atoms with Crippen molar-refractivity contribution >= 4 is 10.5 Å². The molecule has 0 radical (unpaired) electrons. The maximum absolute atomic E-state index is 9.35. The molecule has 0 aliphatic carbocycles. The molecule has 0 aliphatic rings. The molecule has 4 nitrogen and oxygen atoms in total. The van der Waals surface area contributed by atoms with E-state index in [1.807, 2.05) is 27.7 Å². The van der Waals surface area contributed by atoms with E-state index in [4.69, 9.17) is 13.9 Å². The molecule has 5 heteroatoms. The van der Waals surface area contributed by atoms with Crippen LogP contribution in [0.25, 0.3) is 0 Å². The molecule has 0 bridgehead atoms. The van der Waals surface area contributed by atoms with E-state index in [0.717, 1.165) is 29.7 Å². The summed E-state index contributed by atoms with van der Waals surface area (Å²) in [5, 5.41) is 9.35. The van der Waals surface area contributed by atoms with E-state index in [1.165, 1.54) is 0 Å². The number of aliphatic hydroxyl groups is 1. The summed E-state index contributed by atoms with van der Waals surface area (Å²) < 4.78 is 15.6. The van der Waals surface area contributed by atoms with Crippen molar-refractivity contribution in [2.24, 2.45) is 0 Å². The number of hydrogen-bond donors (Lipinski definition) is 1. The normalized spacial score (nSPS) is 17.2. The van der Waals surface area contributed by atoms with Crippen LogP contribution in [0, 0.1) is 0 Å². The Morgan fingerprint density at radius 3 is 1.68 bits per heavy atom. The molecule has 0 aromatic heterocycles. The van der Waals surface area contributed by atoms with Crippen molar-refractivity contribution in [2.75, 3.05) is 6.61 Å². The van der Waals surface area contributed by atoms with E-state index >= 15 is 0 Å². The van der Waals surface area contributed by atoms with Gasteiger partial charge < -0.3 is 19.0 Å². The van der Waals surface area contributed by atoms with Gasteiger partial charge in [0.05, 0.1) is 18.8 Å². The summed E-state index contributed by atoms with van der Waals surface area (Å²) in [7, 11) is 0.882. The van der Waals surface area contributed by atoms with Gasteiger partial charge >= 0.3 is 0 Å². The van der Waals surface area contributed by atoms with Crippen LogP contribution in [0.1, 0.15) is 60.8 Å². The first-order valence-corrected chi connectivity index (χ1v) is 8.20. The minimum Gasteiger partial charge on any atom is -0.425 e. The maximum atomic E-state index is 9.35. The number of hydrogen-bond acceptors (Lipinski definition) is 4. The summed E-state index contributed by atoms with van der Waals surface area (Å²) in [6.07, 6.45) is 2.99. The second-order valence-corrected chi connectivity index (χ2v) is 5.29. The van der Waals surface area contributed by atoms with Crippen LogP contribution in [0.15, 0.2) is 0 Å². The molecule has 0 saturated carbocycles. The molecule has 1 N–H and O–H groups in total. The van der Waals surface area contributed by atoms with Gasteiger partial charge in [-0.1, -0.05) is 20.8 Å². The van der Waals surface area contributed by atoms with E-state index in [0.29, 0.717) is 6.10 Å². The lowest BCUT2D eigenvalue weighted by Gasteiger charge is -2.18. The van der Waals surface area contributed by atoms with Gasteiger partial charge in [-0.3, -0.25) is 0 Å². The number of ether oxygens (including phenoxy) is 2. The SMILES string of the molecule is CCC(C)OCC(O)OC(C)CC.CCC(C)O[SiH3]. The lowest BCUT2D eigenvalue weighted by Crippen LogP contribution is -2.26. The molecule has 0 amide bonds. The fourth-order valence-corrected chi connectivity index (χ4v) is 1.27. The molecule has 0 spiro atoms. The smallest absolute Gasteiger partial charge is 0.178 e. The molecule has 118 valence electrons. The zero-order valence-electron chi connectivity index (χ0n) is 13.8. The highest BCUT2D eigenvalue weighted by atomic mass is 28.2. The first kappa shape index (κ1) is 21.4. The molecule has 0 aliphatic heterocycles. The van der Waals surface area contributed by atoms with Crippen LogP contribution >= 0.6 is 0 Å². The third kappa shape index (κ3) is 16.0. The minimum absolute atomic E-state index is 0.0931. The summed E-state index contributed by atoms with van der Waals surface area (Å²) in [6.45, 7) is 12.5. The molecule has 19 heavy (non-hydrogen) atoms. The molecule has 4 atom stereocenters. The van der Waals surface area contributed by atoms with Gasteiger partial charge in [-0.25, -0.2) is 0 Å². The van der Waals surface area contributed by atoms with E-state index < -0.39 is 6.29 Å². The van der Waals surface area contributed by atoms with Crippen LogP contribution in [0.5, 0.6) is 0 Å². The fraction of sp³-hybridized carbons (Fsp3) is 1.00. The van der Waals surface area contributed by atoms with Crippen LogP contribution in [0.3, 0.4) is 0 Å². The van der Waals surface area contributed by atoms with Crippen molar-refractivity contribution in [3.63, 3.8) is 0 Å². The van der Waals surface area contributed by atoms with Crippen LogP contribution < -0.4 is 0 Å². The van der Waals surface area contributed by atoms with Gasteiger partial charge in [0.2, 0.25) is 0 Å². The van der Waals surface area contributed by atoms with Gasteiger partial charge in [0, 0.05) is 6.10 Å². The van der Waals surface area contributed by atoms with Crippen molar-refractivity contribution < 1.29 is 19.0 Å². The minimum atomic E-state index is -0.788. The third-order valence-corrected chi connectivity index (χ3v) is 3.84. The second-order valence-electron chi connectivity index (χ2n) is 4.82. The molecule has 0 fully saturated rings. The fourth-order valence-electron chi connectivity index (χ4n) is 0.935. The average Bonchev–Trinajstić information content (AvgIpc) is 2.44. The van der Waals surface area contributed by atoms with Gasteiger partial charge in [-0.15, -0.1) is 0 Å². The zero-order valence-corrected chi connectivity index (χ0v) is 15.8. The highest BCUT2D eigenvalue weighted by Gasteiger charge is 2.09. The van der Waals surface area contributed by atoms with Crippen LogP contribution in [-0.4, -0.2) is 46.8 Å². The number of aliphatic hydroxyl groups excluding tert-OH is 1. The van der Waals surface area contributed by atoms with Gasteiger partial charge in [-0.2, -0.15) is 0 Å². The summed E-state index contributed by atoms with van der Waals surface area (Å²) in [6, 6.07) is 0. The summed E-state index contributed by atoms with van der Waals surface area (Å²) >= 11 is 0. The Hall–Kier alpha value is 0.0569. The van der Waals surface area contributed by atoms with Crippen LogP contribution in [0.4, 0.5) is 0 Å². The topological polar surface area (TPSA) is 47.9 Å². The van der Waals surface area contributed by atoms with Crippen molar-refractivity contribution in [3.05, 3.63) is 0 Å². The number of rotatable bonds is 9. The van der Waals surface area contributed by atoms with Crippen LogP contribution in [-0.2, 0) is 13.9 Å². The molecule has 0 rings (SSSR count). The van der Waals surface area contributed by atoms with Gasteiger partial charge in [0.25, 0.3) is 0 Å². The monoisotopic (exact) mass is 294 g/mol. The lowest BCUT2D eigenvalue weighted by atomic mass is 10.3. The predicted octanol–water partition coefficient (Wildman–Crippen LogP) is 2.02. The van der Waals surface area contributed by atoms with Gasteiger partial charge in [0.15, 0.2) is 6.29 Å².